The molecule has 0 fully saturated rings. The van der Waals surface area contributed by atoms with E-state index in [1.165, 1.54) is 30.4 Å². The van der Waals surface area contributed by atoms with Crippen LogP contribution in [0.15, 0.2) is 97.3 Å². The molecule has 0 bridgehead atoms. The zero-order chi connectivity index (χ0) is 24.9. The van der Waals surface area contributed by atoms with Crippen molar-refractivity contribution >= 4 is 11.9 Å². The first-order chi connectivity index (χ1) is 16.4. The molecular formula is C27H28O7. The van der Waals surface area contributed by atoms with Crippen LogP contribution in [0.3, 0.4) is 0 Å². The Bertz CT molecular complexity index is 1050. The van der Waals surface area contributed by atoms with Crippen LogP contribution in [-0.2, 0) is 20.7 Å². The van der Waals surface area contributed by atoms with Gasteiger partial charge in [0.25, 0.3) is 0 Å². The van der Waals surface area contributed by atoms with Crippen LogP contribution in [0.2, 0.25) is 0 Å². The lowest BCUT2D eigenvalue weighted by molar-refractivity contribution is -0.129. The van der Waals surface area contributed by atoms with E-state index in [-0.39, 0.29) is 23.7 Å². The molecule has 0 aliphatic rings. The molecule has 0 saturated carbocycles. The molecule has 7 nitrogen and oxygen atoms in total. The first-order valence-corrected chi connectivity index (χ1v) is 10.6. The number of rotatable bonds is 12. The van der Waals surface area contributed by atoms with Gasteiger partial charge >= 0.3 is 11.9 Å². The van der Waals surface area contributed by atoms with Crippen molar-refractivity contribution in [3.8, 4) is 11.5 Å². The average Bonchev–Trinajstić information content (AvgIpc) is 2.85. The summed E-state index contributed by atoms with van der Waals surface area (Å²) >= 11 is 0. The molecule has 0 aromatic heterocycles. The van der Waals surface area contributed by atoms with Gasteiger partial charge in [-0.15, -0.1) is 0 Å². The van der Waals surface area contributed by atoms with E-state index < -0.39 is 18.2 Å². The fourth-order valence-corrected chi connectivity index (χ4v) is 2.56. The minimum Gasteiger partial charge on any atom is -0.467 e. The number of carbonyl (C=O) groups excluding carboxylic acids is 2. The van der Waals surface area contributed by atoms with Crippen molar-refractivity contribution in [2.24, 2.45) is 0 Å². The van der Waals surface area contributed by atoms with E-state index in [0.717, 1.165) is 12.0 Å². The molecule has 0 amide bonds. The molecule has 0 aliphatic heterocycles. The number of allylic oxidation sites excluding steroid dienone is 2. The number of esters is 2. The molecule has 2 rings (SSSR count). The Kier molecular flexibility index (Phi) is 10.5. The van der Waals surface area contributed by atoms with Gasteiger partial charge in [0.05, 0.1) is 11.1 Å². The van der Waals surface area contributed by atoms with Crippen molar-refractivity contribution in [2.75, 3.05) is 6.79 Å². The molecule has 0 heterocycles. The van der Waals surface area contributed by atoms with E-state index >= 15 is 0 Å². The van der Waals surface area contributed by atoms with Crippen LogP contribution in [0.4, 0.5) is 0 Å². The molecule has 0 saturated heterocycles. The normalized spacial score (nSPS) is 12.1. The van der Waals surface area contributed by atoms with Gasteiger partial charge in [-0.2, -0.15) is 0 Å². The number of hydrogen-bond acceptors (Lipinski definition) is 7. The predicted octanol–water partition coefficient (Wildman–Crippen LogP) is 4.88. The molecule has 0 spiro atoms. The van der Waals surface area contributed by atoms with Crippen LogP contribution >= 0.6 is 0 Å². The lowest BCUT2D eigenvalue weighted by atomic mass is 10.2. The van der Waals surface area contributed by atoms with Crippen molar-refractivity contribution < 1.29 is 33.6 Å². The number of aliphatic hydroxyl groups is 1. The molecule has 0 aliphatic carbocycles. The minimum atomic E-state index is -1.12. The Labute approximate surface area is 199 Å². The van der Waals surface area contributed by atoms with Crippen LogP contribution < -0.4 is 9.47 Å². The number of carbonyl (C=O) groups is 2. The molecule has 1 unspecified atom stereocenters. The summed E-state index contributed by atoms with van der Waals surface area (Å²) in [5.41, 5.74) is 1.70. The van der Waals surface area contributed by atoms with Gasteiger partial charge in [0.2, 0.25) is 0 Å². The smallest absolute Gasteiger partial charge is 0.343 e. The SMILES string of the molecule is C=CC(O)OCOc1ccc(C(=O)OC(=C)/C=C\C(=C/C)C(=O)Oc2ccc(CC)cc2)cc1. The van der Waals surface area contributed by atoms with Gasteiger partial charge in [0.15, 0.2) is 13.1 Å². The summed E-state index contributed by atoms with van der Waals surface area (Å²) in [4.78, 5) is 24.7. The fraction of sp³-hybridized carbons (Fsp3) is 0.185. The van der Waals surface area contributed by atoms with Gasteiger partial charge in [-0.05, 0) is 73.5 Å². The van der Waals surface area contributed by atoms with Gasteiger partial charge < -0.3 is 24.1 Å². The Morgan fingerprint density at radius 3 is 2.26 bits per heavy atom. The highest BCUT2D eigenvalue weighted by molar-refractivity contribution is 5.93. The molecule has 0 radical (unpaired) electrons. The van der Waals surface area contributed by atoms with Crippen molar-refractivity contribution in [3.63, 3.8) is 0 Å². The maximum absolute atomic E-state index is 12.4. The topological polar surface area (TPSA) is 91.3 Å². The standard InChI is InChI=1S/C27H28O7/c1-5-20-9-14-24(15-10-20)34-26(29)21(6-2)11-8-19(4)33-27(30)22-12-16-23(17-13-22)31-18-32-25(28)7-3/h6-17,25,28H,3-5,18H2,1-2H3/b11-8-,21-6+. The Balaban J connectivity index is 1.87. The second kappa shape index (κ2) is 13.6. The van der Waals surface area contributed by atoms with Crippen molar-refractivity contribution in [1.82, 2.24) is 0 Å². The fourth-order valence-electron chi connectivity index (χ4n) is 2.56. The first kappa shape index (κ1) is 26.3. The number of ether oxygens (including phenoxy) is 4. The highest BCUT2D eigenvalue weighted by atomic mass is 16.7. The Hall–Kier alpha value is -3.94. The molecule has 1 atom stereocenters. The summed E-state index contributed by atoms with van der Waals surface area (Å²) in [7, 11) is 0. The summed E-state index contributed by atoms with van der Waals surface area (Å²) in [5.74, 6) is -0.234. The number of aliphatic hydroxyl groups excluding tert-OH is 1. The Morgan fingerprint density at radius 2 is 1.68 bits per heavy atom. The first-order valence-electron chi connectivity index (χ1n) is 10.6. The van der Waals surface area contributed by atoms with Crippen LogP contribution in [0.1, 0.15) is 29.8 Å². The number of hydrogen-bond donors (Lipinski definition) is 1. The zero-order valence-electron chi connectivity index (χ0n) is 19.2. The lowest BCUT2D eigenvalue weighted by Gasteiger charge is -2.10. The van der Waals surface area contributed by atoms with Crippen LogP contribution in [0.25, 0.3) is 0 Å². The summed E-state index contributed by atoms with van der Waals surface area (Å²) in [6.07, 6.45) is 5.46. The molecule has 1 N–H and O–H groups in total. The quantitative estimate of drug-likeness (QED) is 0.0910. The van der Waals surface area contributed by atoms with E-state index in [1.54, 1.807) is 37.3 Å². The Morgan fingerprint density at radius 1 is 1.03 bits per heavy atom. The van der Waals surface area contributed by atoms with Crippen molar-refractivity contribution in [2.45, 2.75) is 26.6 Å². The van der Waals surface area contributed by atoms with Crippen LogP contribution in [0, 0.1) is 0 Å². The minimum absolute atomic E-state index is 0.0524. The average molecular weight is 465 g/mol. The third kappa shape index (κ3) is 8.54. The third-order valence-corrected chi connectivity index (χ3v) is 4.52. The third-order valence-electron chi connectivity index (χ3n) is 4.52. The molecule has 178 valence electrons. The summed E-state index contributed by atoms with van der Waals surface area (Å²) in [5, 5.41) is 9.22. The van der Waals surface area contributed by atoms with E-state index in [2.05, 4.69) is 13.2 Å². The summed E-state index contributed by atoms with van der Waals surface area (Å²) in [6.45, 7) is 10.6. The second-order valence-corrected chi connectivity index (χ2v) is 6.90. The number of benzene rings is 2. The van der Waals surface area contributed by atoms with Gasteiger partial charge in [-0.1, -0.05) is 38.3 Å². The summed E-state index contributed by atoms with van der Waals surface area (Å²) < 4.78 is 20.8. The van der Waals surface area contributed by atoms with Gasteiger partial charge in [-0.3, -0.25) is 0 Å². The molecule has 2 aromatic carbocycles. The van der Waals surface area contributed by atoms with E-state index in [9.17, 15) is 14.7 Å². The second-order valence-electron chi connectivity index (χ2n) is 6.90. The highest BCUT2D eigenvalue weighted by Crippen LogP contribution is 2.16. The van der Waals surface area contributed by atoms with E-state index in [1.807, 2.05) is 19.1 Å². The predicted molar refractivity (Wildman–Crippen MR) is 128 cm³/mol. The van der Waals surface area contributed by atoms with Gasteiger partial charge in [0.1, 0.15) is 17.3 Å². The summed E-state index contributed by atoms with van der Waals surface area (Å²) in [6, 6.07) is 13.4. The molecule has 7 heteroatoms. The van der Waals surface area contributed by atoms with Crippen LogP contribution in [-0.4, -0.2) is 30.1 Å². The van der Waals surface area contributed by atoms with Gasteiger partial charge in [0, 0.05) is 0 Å². The molecule has 2 aromatic rings. The maximum Gasteiger partial charge on any atom is 0.343 e. The van der Waals surface area contributed by atoms with Crippen molar-refractivity contribution in [3.05, 3.63) is 108 Å². The van der Waals surface area contributed by atoms with Crippen molar-refractivity contribution in [1.29, 1.82) is 0 Å². The highest BCUT2D eigenvalue weighted by Gasteiger charge is 2.11. The number of aryl methyl sites for hydroxylation is 1. The van der Waals surface area contributed by atoms with E-state index in [0.29, 0.717) is 11.5 Å². The monoisotopic (exact) mass is 464 g/mol. The van der Waals surface area contributed by atoms with Gasteiger partial charge in [-0.25, -0.2) is 9.59 Å². The lowest BCUT2D eigenvalue weighted by Crippen LogP contribution is -2.12. The zero-order valence-corrected chi connectivity index (χ0v) is 19.2. The largest absolute Gasteiger partial charge is 0.467 e. The maximum atomic E-state index is 12.4. The molecular weight excluding hydrogens is 436 g/mol. The van der Waals surface area contributed by atoms with E-state index in [4.69, 9.17) is 18.9 Å². The molecule has 34 heavy (non-hydrogen) atoms. The van der Waals surface area contributed by atoms with Crippen LogP contribution in [0.5, 0.6) is 11.5 Å².